The third-order valence-corrected chi connectivity index (χ3v) is 6.27. The molecule has 0 aromatic carbocycles. The third kappa shape index (κ3) is 2.27. The van der Waals surface area contributed by atoms with E-state index >= 15 is 0 Å². The molecule has 0 aromatic heterocycles. The molecule has 2 nitrogen and oxygen atoms in total. The molecule has 4 heteroatoms. The average molecular weight is 237 g/mol. The van der Waals surface area contributed by atoms with E-state index in [4.69, 9.17) is 0 Å². The summed E-state index contributed by atoms with van der Waals surface area (Å²) in [5.41, 5.74) is 0. The summed E-state index contributed by atoms with van der Waals surface area (Å²) in [6.45, 7) is 7.05. The van der Waals surface area contributed by atoms with Gasteiger partial charge in [0.2, 0.25) is 0 Å². The van der Waals surface area contributed by atoms with Crippen LogP contribution < -0.4 is 0 Å². The van der Waals surface area contributed by atoms with Gasteiger partial charge in [0.25, 0.3) is 0 Å². The van der Waals surface area contributed by atoms with E-state index in [0.717, 1.165) is 0 Å². The second-order valence-electron chi connectivity index (χ2n) is 3.08. The largest absolute Gasteiger partial charge is 0.293 e. The number of hydrogen-bond acceptors (Lipinski definition) is 2. The van der Waals surface area contributed by atoms with Crippen LogP contribution >= 0.6 is 15.9 Å². The predicted molar refractivity (Wildman–Crippen MR) is 55.3 cm³/mol. The molecule has 1 rings (SSSR count). The van der Waals surface area contributed by atoms with Crippen LogP contribution in [0.3, 0.4) is 0 Å². The van der Waals surface area contributed by atoms with E-state index < -0.39 is 0 Å². The number of hydrogen-bond donors (Lipinski definition) is 0. The maximum absolute atomic E-state index is 3.68. The molecule has 11 heavy (non-hydrogen) atoms. The Morgan fingerprint density at radius 2 is 1.64 bits per heavy atom. The standard InChI is InChI=1S/C7H17BrN2Si/c1-3-5-9-7(8)10(11-9)6-4-2/h7H,3-6,11H2,1-2H3. The third-order valence-electron chi connectivity index (χ3n) is 1.99. The maximum Gasteiger partial charge on any atom is 0.176 e. The van der Waals surface area contributed by atoms with Crippen LogP contribution in [0.5, 0.6) is 0 Å². The molecule has 0 amide bonds. The molecule has 0 saturated carbocycles. The second kappa shape index (κ2) is 4.60. The molecule has 1 saturated heterocycles. The molecule has 0 spiro atoms. The van der Waals surface area contributed by atoms with Gasteiger partial charge in [-0.3, -0.25) is 9.13 Å². The Balaban J connectivity index is 2.15. The zero-order chi connectivity index (χ0) is 8.27. The fourth-order valence-corrected chi connectivity index (χ4v) is 4.42. The van der Waals surface area contributed by atoms with Crippen LogP contribution in [0.2, 0.25) is 0 Å². The molecule has 1 fully saturated rings. The van der Waals surface area contributed by atoms with E-state index in [1.54, 1.807) is 0 Å². The van der Waals surface area contributed by atoms with Crippen LogP contribution in [0, 0.1) is 0 Å². The summed E-state index contributed by atoms with van der Waals surface area (Å²) >= 11 is 3.68. The van der Waals surface area contributed by atoms with E-state index in [2.05, 4.69) is 38.9 Å². The smallest absolute Gasteiger partial charge is 0.176 e. The predicted octanol–water partition coefficient (Wildman–Crippen LogP) is 1.10. The highest BCUT2D eigenvalue weighted by Gasteiger charge is 2.32. The molecule has 0 radical (unpaired) electrons. The highest BCUT2D eigenvalue weighted by Crippen LogP contribution is 2.21. The lowest BCUT2D eigenvalue weighted by Gasteiger charge is -2.47. The summed E-state index contributed by atoms with van der Waals surface area (Å²) in [6.07, 6.45) is 2.57. The molecule has 1 aliphatic rings. The molecular formula is C7H17BrN2Si. The van der Waals surface area contributed by atoms with Crippen LogP contribution in [-0.2, 0) is 0 Å². The molecule has 0 aromatic rings. The second-order valence-corrected chi connectivity index (χ2v) is 5.80. The lowest BCUT2D eigenvalue weighted by molar-refractivity contribution is 0.176. The Morgan fingerprint density at radius 3 is 1.91 bits per heavy atom. The summed E-state index contributed by atoms with van der Waals surface area (Å²) in [7, 11) is -0.0167. The van der Waals surface area contributed by atoms with E-state index in [-0.39, 0.29) is 9.84 Å². The van der Waals surface area contributed by atoms with Crippen molar-refractivity contribution < 1.29 is 0 Å². The van der Waals surface area contributed by atoms with Gasteiger partial charge in [-0.1, -0.05) is 29.8 Å². The molecule has 1 aliphatic heterocycles. The first-order valence-corrected chi connectivity index (χ1v) is 6.59. The van der Waals surface area contributed by atoms with Crippen molar-refractivity contribution in [2.24, 2.45) is 0 Å². The van der Waals surface area contributed by atoms with Crippen molar-refractivity contribution in [1.29, 1.82) is 0 Å². The quantitative estimate of drug-likeness (QED) is 0.410. The van der Waals surface area contributed by atoms with Crippen LogP contribution in [0.4, 0.5) is 0 Å². The van der Waals surface area contributed by atoms with E-state index in [9.17, 15) is 0 Å². The van der Waals surface area contributed by atoms with Gasteiger partial charge in [-0.25, -0.2) is 0 Å². The van der Waals surface area contributed by atoms with E-state index in [1.165, 1.54) is 25.9 Å². The van der Waals surface area contributed by atoms with Gasteiger partial charge in [-0.2, -0.15) is 0 Å². The SMILES string of the molecule is CCCN1[SiH2]N(CCC)C1Br. The molecule has 0 bridgehead atoms. The van der Waals surface area contributed by atoms with Crippen molar-refractivity contribution in [3.05, 3.63) is 0 Å². The first-order valence-electron chi connectivity index (χ1n) is 4.41. The topological polar surface area (TPSA) is 6.48 Å². The lowest BCUT2D eigenvalue weighted by Crippen LogP contribution is -2.63. The molecule has 0 aliphatic carbocycles. The molecule has 0 atom stereocenters. The van der Waals surface area contributed by atoms with Gasteiger partial charge in [0.1, 0.15) is 5.08 Å². The van der Waals surface area contributed by atoms with Crippen molar-refractivity contribution >= 4 is 25.8 Å². The summed E-state index contributed by atoms with van der Waals surface area (Å²) in [6, 6.07) is 0. The Hall–Kier alpha value is 0.617. The monoisotopic (exact) mass is 236 g/mol. The van der Waals surface area contributed by atoms with E-state index in [0.29, 0.717) is 5.08 Å². The van der Waals surface area contributed by atoms with Crippen LogP contribution in [0.25, 0.3) is 0 Å². The Bertz CT molecular complexity index is 111. The fourth-order valence-electron chi connectivity index (χ4n) is 1.43. The van der Waals surface area contributed by atoms with Crippen molar-refractivity contribution in [3.8, 4) is 0 Å². The van der Waals surface area contributed by atoms with Gasteiger partial charge in [-0.05, 0) is 25.9 Å². The first kappa shape index (κ1) is 9.70. The molecule has 0 unspecified atom stereocenters. The summed E-state index contributed by atoms with van der Waals surface area (Å²) in [4.78, 5) is 0. The minimum absolute atomic E-state index is 0.0167. The number of rotatable bonds is 4. The molecule has 0 N–H and O–H groups in total. The molecule has 1 heterocycles. The molecule has 66 valence electrons. The van der Waals surface area contributed by atoms with Gasteiger partial charge < -0.3 is 0 Å². The number of halogens is 1. The van der Waals surface area contributed by atoms with Crippen LogP contribution in [-0.4, -0.2) is 37.1 Å². The maximum atomic E-state index is 3.68. The highest BCUT2D eigenvalue weighted by molar-refractivity contribution is 9.09. The van der Waals surface area contributed by atoms with Crippen molar-refractivity contribution in [2.45, 2.75) is 31.8 Å². The van der Waals surface area contributed by atoms with Gasteiger partial charge >= 0.3 is 0 Å². The lowest BCUT2D eigenvalue weighted by atomic mass is 10.5. The van der Waals surface area contributed by atoms with E-state index in [1.807, 2.05) is 0 Å². The first-order chi connectivity index (χ1) is 5.29. The number of alkyl halides is 1. The van der Waals surface area contributed by atoms with Crippen molar-refractivity contribution in [3.63, 3.8) is 0 Å². The summed E-state index contributed by atoms with van der Waals surface area (Å²) in [5.74, 6) is 0. The van der Waals surface area contributed by atoms with Crippen LogP contribution in [0.1, 0.15) is 26.7 Å². The highest BCUT2D eigenvalue weighted by atomic mass is 79.9. The van der Waals surface area contributed by atoms with Gasteiger partial charge in [0.05, 0.1) is 0 Å². The summed E-state index contributed by atoms with van der Waals surface area (Å²) < 4.78 is 5.16. The molecular weight excluding hydrogens is 220 g/mol. The minimum Gasteiger partial charge on any atom is -0.293 e. The number of nitrogens with zero attached hydrogens (tertiary/aromatic N) is 2. The van der Waals surface area contributed by atoms with Crippen molar-refractivity contribution in [2.75, 3.05) is 13.1 Å². The Labute approximate surface area is 80.0 Å². The van der Waals surface area contributed by atoms with Crippen molar-refractivity contribution in [1.82, 2.24) is 9.13 Å². The van der Waals surface area contributed by atoms with Gasteiger partial charge in [0, 0.05) is 0 Å². The minimum atomic E-state index is -0.0167. The zero-order valence-corrected chi connectivity index (χ0v) is 10.4. The Morgan fingerprint density at radius 1 is 1.18 bits per heavy atom. The summed E-state index contributed by atoms with van der Waals surface area (Å²) in [5, 5.41) is 0.578. The fraction of sp³-hybridized carbons (Fsp3) is 1.00. The average Bonchev–Trinajstić information content (AvgIpc) is 2.02. The normalized spacial score (nSPS) is 29.2. The van der Waals surface area contributed by atoms with Gasteiger partial charge in [-0.15, -0.1) is 0 Å². The van der Waals surface area contributed by atoms with Crippen LogP contribution in [0.15, 0.2) is 0 Å². The zero-order valence-electron chi connectivity index (χ0n) is 7.39. The van der Waals surface area contributed by atoms with Gasteiger partial charge in [0.15, 0.2) is 9.84 Å². The Kier molecular flexibility index (Phi) is 4.05.